The van der Waals surface area contributed by atoms with Crippen LogP contribution in [-0.2, 0) is 9.53 Å². The van der Waals surface area contributed by atoms with Crippen molar-refractivity contribution in [3.05, 3.63) is 0 Å². The van der Waals surface area contributed by atoms with Crippen LogP contribution in [0.5, 0.6) is 0 Å². The largest absolute Gasteiger partial charge is 0.394 e. The number of hydrogen-bond acceptors (Lipinski definition) is 7. The van der Waals surface area contributed by atoms with E-state index in [-0.39, 0.29) is 12.4 Å². The Morgan fingerprint density at radius 3 is 2.39 bits per heavy atom. The fourth-order valence-electron chi connectivity index (χ4n) is 1.55. The fraction of sp³-hybridized carbons (Fsp3) is 0.889. The van der Waals surface area contributed by atoms with Crippen LogP contribution in [-0.4, -0.2) is 69.6 Å². The summed E-state index contributed by atoms with van der Waals surface area (Å²) in [6, 6.07) is -2.01. The van der Waals surface area contributed by atoms with E-state index in [2.05, 4.69) is 5.32 Å². The molecule has 108 valence electrons. The molecule has 0 radical (unpaired) electrons. The van der Waals surface area contributed by atoms with Crippen molar-refractivity contribution in [3.63, 3.8) is 0 Å². The van der Waals surface area contributed by atoms with E-state index in [4.69, 9.17) is 15.6 Å². The summed E-state index contributed by atoms with van der Waals surface area (Å²) in [5.74, 6) is -0.591. The molecule has 0 aromatic rings. The summed E-state index contributed by atoms with van der Waals surface area (Å²) < 4.78 is 4.85. The average Bonchev–Trinajstić information content (AvgIpc) is 2.28. The van der Waals surface area contributed by atoms with Gasteiger partial charge in [0.05, 0.1) is 12.6 Å². The Morgan fingerprint density at radius 1 is 1.39 bits per heavy atom. The van der Waals surface area contributed by atoms with Crippen LogP contribution in [0.25, 0.3) is 0 Å². The van der Waals surface area contributed by atoms with Crippen LogP contribution in [0.4, 0.5) is 0 Å². The maximum Gasteiger partial charge on any atom is 0.237 e. The zero-order chi connectivity index (χ0) is 13.2. The summed E-state index contributed by atoms with van der Waals surface area (Å²) in [4.78, 5) is 11.3. The summed E-state index contributed by atoms with van der Waals surface area (Å²) in [6.45, 7) is 0.883. The summed E-state index contributed by atoms with van der Waals surface area (Å²) >= 11 is 0. The molecule has 0 aliphatic carbocycles. The first-order valence-electron chi connectivity index (χ1n) is 5.25. The molecule has 1 fully saturated rings. The molecule has 0 spiro atoms. The molecule has 0 aromatic heterocycles. The Morgan fingerprint density at radius 2 is 1.94 bits per heavy atom. The Hall–Kier alpha value is -0.480. The van der Waals surface area contributed by atoms with Crippen molar-refractivity contribution in [2.24, 2.45) is 5.73 Å². The van der Waals surface area contributed by atoms with Crippen LogP contribution < -0.4 is 11.1 Å². The molecular formula is C9H19ClN2O6. The quantitative estimate of drug-likeness (QED) is 0.318. The fourth-order valence-corrected chi connectivity index (χ4v) is 1.55. The number of amides is 1. The van der Waals surface area contributed by atoms with E-state index in [1.54, 1.807) is 0 Å². The first-order valence-corrected chi connectivity index (χ1v) is 5.25. The van der Waals surface area contributed by atoms with Crippen molar-refractivity contribution < 1.29 is 30.0 Å². The second-order valence-electron chi connectivity index (χ2n) is 4.05. The predicted molar refractivity (Wildman–Crippen MR) is 62.8 cm³/mol. The lowest BCUT2D eigenvalue weighted by molar-refractivity contribution is -0.253. The second-order valence-corrected chi connectivity index (χ2v) is 4.05. The van der Waals surface area contributed by atoms with Gasteiger partial charge in [-0.1, -0.05) is 0 Å². The van der Waals surface area contributed by atoms with E-state index >= 15 is 0 Å². The Bertz CT molecular complexity index is 280. The minimum absolute atomic E-state index is 0. The second kappa shape index (κ2) is 7.19. The van der Waals surface area contributed by atoms with E-state index in [1.807, 2.05) is 0 Å². The zero-order valence-corrected chi connectivity index (χ0v) is 10.6. The highest BCUT2D eigenvalue weighted by Crippen LogP contribution is 2.19. The summed E-state index contributed by atoms with van der Waals surface area (Å²) in [6.07, 6.45) is -5.46. The Kier molecular flexibility index (Phi) is 7.00. The number of carbonyl (C=O) groups excluding carboxylic acids is 1. The molecule has 8 nitrogen and oxygen atoms in total. The van der Waals surface area contributed by atoms with Gasteiger partial charge in [-0.05, 0) is 6.92 Å². The lowest BCUT2D eigenvalue weighted by Crippen LogP contribution is -2.65. The van der Waals surface area contributed by atoms with Crippen molar-refractivity contribution in [1.82, 2.24) is 5.32 Å². The van der Waals surface area contributed by atoms with Crippen molar-refractivity contribution >= 4 is 18.3 Å². The Labute approximate surface area is 110 Å². The van der Waals surface area contributed by atoms with Gasteiger partial charge in [-0.25, -0.2) is 0 Å². The van der Waals surface area contributed by atoms with Gasteiger partial charge in [0.2, 0.25) is 5.91 Å². The van der Waals surface area contributed by atoms with Crippen LogP contribution in [0, 0.1) is 0 Å². The average molecular weight is 287 g/mol. The summed E-state index contributed by atoms with van der Waals surface area (Å²) in [5.41, 5.74) is 5.31. The molecule has 1 amide bonds. The van der Waals surface area contributed by atoms with E-state index in [0.717, 1.165) is 0 Å². The molecular weight excluding hydrogens is 268 g/mol. The molecule has 0 bridgehead atoms. The number of carbonyl (C=O) groups is 1. The van der Waals surface area contributed by atoms with E-state index in [9.17, 15) is 20.1 Å². The highest BCUT2D eigenvalue weighted by Gasteiger charge is 2.44. The van der Waals surface area contributed by atoms with Gasteiger partial charge in [0, 0.05) is 0 Å². The van der Waals surface area contributed by atoms with Gasteiger partial charge in [-0.15, -0.1) is 12.4 Å². The number of ether oxygens (including phenoxy) is 1. The molecule has 1 rings (SSSR count). The van der Waals surface area contributed by atoms with Gasteiger partial charge in [-0.3, -0.25) is 4.79 Å². The number of aliphatic hydroxyl groups excluding tert-OH is 4. The highest BCUT2D eigenvalue weighted by molar-refractivity contribution is 5.85. The minimum Gasteiger partial charge on any atom is -0.394 e. The van der Waals surface area contributed by atoms with Crippen LogP contribution in [0.1, 0.15) is 6.92 Å². The standard InChI is InChI=1S/C9H18N2O6.ClH/c1-3(10)8(15)11-5-7(14)6(13)4(2-12)17-9(5)16;/h3-7,9,12-14,16H,2,10H2,1H3,(H,11,15);1H/t3?,4-,5-,6-,7-,9-;/m1./s1. The molecule has 1 unspecified atom stereocenters. The van der Waals surface area contributed by atoms with Gasteiger partial charge in [-0.2, -0.15) is 0 Å². The maximum atomic E-state index is 11.3. The normalized spacial score (nSPS) is 37.6. The predicted octanol–water partition coefficient (Wildman–Crippen LogP) is -3.33. The number of nitrogens with one attached hydrogen (secondary N) is 1. The molecule has 9 heteroatoms. The van der Waals surface area contributed by atoms with Gasteiger partial charge >= 0.3 is 0 Å². The van der Waals surface area contributed by atoms with E-state index in [1.165, 1.54) is 6.92 Å². The minimum atomic E-state index is -1.52. The highest BCUT2D eigenvalue weighted by atomic mass is 35.5. The third-order valence-corrected chi connectivity index (χ3v) is 2.62. The lowest BCUT2D eigenvalue weighted by Gasteiger charge is -2.40. The monoisotopic (exact) mass is 286 g/mol. The third-order valence-electron chi connectivity index (χ3n) is 2.62. The van der Waals surface area contributed by atoms with Gasteiger partial charge in [0.15, 0.2) is 6.29 Å². The molecule has 0 saturated carbocycles. The smallest absolute Gasteiger partial charge is 0.237 e. The van der Waals surface area contributed by atoms with Crippen LogP contribution in [0.15, 0.2) is 0 Å². The Balaban J connectivity index is 0.00000289. The number of hydrogen-bond donors (Lipinski definition) is 6. The van der Waals surface area contributed by atoms with Crippen LogP contribution in [0.2, 0.25) is 0 Å². The van der Waals surface area contributed by atoms with Crippen LogP contribution in [0.3, 0.4) is 0 Å². The SMILES string of the molecule is CC(N)C(=O)N[C@@H]1[C@@H](O)[C@H](O)[C@@H](CO)O[C@H]1O.Cl. The molecule has 7 N–H and O–H groups in total. The van der Waals surface area contributed by atoms with E-state index < -0.39 is 49.2 Å². The summed E-state index contributed by atoms with van der Waals surface area (Å²) in [7, 11) is 0. The topological polar surface area (TPSA) is 145 Å². The van der Waals surface area contributed by atoms with Crippen molar-refractivity contribution in [2.45, 2.75) is 43.6 Å². The first kappa shape index (κ1) is 17.5. The van der Waals surface area contributed by atoms with Crippen LogP contribution >= 0.6 is 12.4 Å². The maximum absolute atomic E-state index is 11.3. The molecule has 0 aromatic carbocycles. The molecule has 1 heterocycles. The molecule has 1 saturated heterocycles. The van der Waals surface area contributed by atoms with E-state index in [0.29, 0.717) is 0 Å². The third kappa shape index (κ3) is 3.75. The first-order chi connectivity index (χ1) is 7.88. The van der Waals surface area contributed by atoms with Crippen molar-refractivity contribution in [3.8, 4) is 0 Å². The molecule has 18 heavy (non-hydrogen) atoms. The lowest BCUT2D eigenvalue weighted by atomic mass is 9.97. The molecule has 1 aliphatic rings. The zero-order valence-electron chi connectivity index (χ0n) is 9.76. The van der Waals surface area contributed by atoms with Gasteiger partial charge in [0.1, 0.15) is 24.4 Å². The molecule has 1 aliphatic heterocycles. The van der Waals surface area contributed by atoms with Crippen molar-refractivity contribution in [2.75, 3.05) is 6.61 Å². The number of nitrogens with two attached hydrogens (primary N) is 1. The summed E-state index contributed by atoms with van der Waals surface area (Å²) in [5, 5.41) is 39.9. The van der Waals surface area contributed by atoms with Gasteiger partial charge in [0.25, 0.3) is 0 Å². The number of halogens is 1. The van der Waals surface area contributed by atoms with Gasteiger partial charge < -0.3 is 36.2 Å². The number of aliphatic hydroxyl groups is 4. The van der Waals surface area contributed by atoms with Crippen molar-refractivity contribution in [1.29, 1.82) is 0 Å². The number of rotatable bonds is 3. The molecule has 6 atom stereocenters.